The number of benzene rings is 1. The van der Waals surface area contributed by atoms with Crippen molar-refractivity contribution in [3.05, 3.63) is 35.0 Å². The maximum atomic E-state index is 10.9. The predicted octanol–water partition coefficient (Wildman–Crippen LogP) is 3.26. The van der Waals surface area contributed by atoms with Crippen LogP contribution in [0.3, 0.4) is 0 Å². The number of carboxylic acids is 1. The van der Waals surface area contributed by atoms with E-state index in [4.69, 9.17) is 16.7 Å². The number of fused-ring (bicyclic) bond motifs is 1. The minimum Gasteiger partial charge on any atom is -0.481 e. The molecule has 1 aliphatic carbocycles. The molecule has 1 N–H and O–H groups in total. The van der Waals surface area contributed by atoms with Crippen LogP contribution in [-0.2, 0) is 11.2 Å². The van der Waals surface area contributed by atoms with Crippen molar-refractivity contribution in [1.82, 2.24) is 4.57 Å². The molecule has 1 fully saturated rings. The summed E-state index contributed by atoms with van der Waals surface area (Å²) in [5, 5.41) is 10.7. The minimum absolute atomic E-state index is 0.0722. The molecule has 1 heterocycles. The SMILES string of the molecule is O=C(O)Cc1cc2ccc(Cl)cc2n1C1CC1. The van der Waals surface area contributed by atoms with E-state index in [9.17, 15) is 4.79 Å². The van der Waals surface area contributed by atoms with Crippen LogP contribution < -0.4 is 0 Å². The first kappa shape index (κ1) is 10.7. The van der Waals surface area contributed by atoms with Crippen molar-refractivity contribution in [1.29, 1.82) is 0 Å². The number of hydrogen-bond donors (Lipinski definition) is 1. The molecule has 0 amide bonds. The molecule has 0 radical (unpaired) electrons. The van der Waals surface area contributed by atoms with E-state index < -0.39 is 5.97 Å². The summed E-state index contributed by atoms with van der Waals surface area (Å²) >= 11 is 6.00. The van der Waals surface area contributed by atoms with Crippen LogP contribution in [0.5, 0.6) is 0 Å². The van der Waals surface area contributed by atoms with Crippen LogP contribution in [-0.4, -0.2) is 15.6 Å². The van der Waals surface area contributed by atoms with E-state index in [0.29, 0.717) is 11.1 Å². The van der Waals surface area contributed by atoms with Gasteiger partial charge in [0.2, 0.25) is 0 Å². The Kier molecular flexibility index (Phi) is 2.37. The lowest BCUT2D eigenvalue weighted by Crippen LogP contribution is -2.06. The van der Waals surface area contributed by atoms with Crippen LogP contribution in [0, 0.1) is 0 Å². The fraction of sp³-hybridized carbons (Fsp3) is 0.308. The summed E-state index contributed by atoms with van der Waals surface area (Å²) < 4.78 is 2.13. The molecule has 2 aromatic rings. The lowest BCUT2D eigenvalue weighted by molar-refractivity contribution is -0.136. The summed E-state index contributed by atoms with van der Waals surface area (Å²) in [6, 6.07) is 8.12. The predicted molar refractivity (Wildman–Crippen MR) is 66.6 cm³/mol. The monoisotopic (exact) mass is 249 g/mol. The van der Waals surface area contributed by atoms with E-state index in [2.05, 4.69) is 4.57 Å². The van der Waals surface area contributed by atoms with Crippen LogP contribution in [0.25, 0.3) is 10.9 Å². The Bertz CT molecular complexity index is 599. The number of nitrogens with zero attached hydrogens (tertiary/aromatic N) is 1. The van der Waals surface area contributed by atoms with Crippen LogP contribution in [0.15, 0.2) is 24.3 Å². The number of aromatic nitrogens is 1. The largest absolute Gasteiger partial charge is 0.481 e. The molecule has 4 heteroatoms. The van der Waals surface area contributed by atoms with Crippen LogP contribution in [0.1, 0.15) is 24.6 Å². The second kappa shape index (κ2) is 3.77. The van der Waals surface area contributed by atoms with E-state index in [0.717, 1.165) is 29.4 Å². The maximum absolute atomic E-state index is 10.9. The zero-order valence-corrected chi connectivity index (χ0v) is 9.94. The fourth-order valence-corrected chi connectivity index (χ4v) is 2.47. The van der Waals surface area contributed by atoms with Gasteiger partial charge in [0.15, 0.2) is 0 Å². The smallest absolute Gasteiger partial charge is 0.309 e. The summed E-state index contributed by atoms with van der Waals surface area (Å²) in [6.07, 6.45) is 2.33. The zero-order valence-electron chi connectivity index (χ0n) is 9.19. The first-order valence-corrected chi connectivity index (χ1v) is 6.04. The van der Waals surface area contributed by atoms with Gasteiger partial charge in [0.25, 0.3) is 0 Å². The molecule has 88 valence electrons. The summed E-state index contributed by atoms with van der Waals surface area (Å²) in [7, 11) is 0. The molecule has 3 rings (SSSR count). The third-order valence-electron chi connectivity index (χ3n) is 3.13. The Labute approximate surface area is 104 Å². The van der Waals surface area contributed by atoms with Gasteiger partial charge in [0, 0.05) is 22.3 Å². The number of aliphatic carboxylic acids is 1. The first-order chi connectivity index (χ1) is 8.15. The second-order valence-corrected chi connectivity index (χ2v) is 4.95. The van der Waals surface area contributed by atoms with E-state index >= 15 is 0 Å². The van der Waals surface area contributed by atoms with Crippen molar-refractivity contribution in [2.75, 3.05) is 0 Å². The molecule has 0 saturated heterocycles. The highest BCUT2D eigenvalue weighted by Gasteiger charge is 2.27. The highest BCUT2D eigenvalue weighted by molar-refractivity contribution is 6.31. The van der Waals surface area contributed by atoms with Gasteiger partial charge >= 0.3 is 5.97 Å². The van der Waals surface area contributed by atoms with Gasteiger partial charge in [-0.1, -0.05) is 17.7 Å². The van der Waals surface area contributed by atoms with Crippen molar-refractivity contribution in [2.24, 2.45) is 0 Å². The lowest BCUT2D eigenvalue weighted by Gasteiger charge is -2.07. The van der Waals surface area contributed by atoms with Crippen LogP contribution in [0.2, 0.25) is 5.02 Å². The van der Waals surface area contributed by atoms with E-state index in [-0.39, 0.29) is 6.42 Å². The number of rotatable bonds is 3. The van der Waals surface area contributed by atoms with Gasteiger partial charge in [-0.25, -0.2) is 0 Å². The minimum atomic E-state index is -0.791. The van der Waals surface area contributed by atoms with Crippen molar-refractivity contribution in [3.8, 4) is 0 Å². The Morgan fingerprint density at radius 1 is 1.41 bits per heavy atom. The molecule has 0 aliphatic heterocycles. The molecule has 17 heavy (non-hydrogen) atoms. The van der Waals surface area contributed by atoms with Gasteiger partial charge in [-0.05, 0) is 36.4 Å². The number of carbonyl (C=O) groups is 1. The zero-order chi connectivity index (χ0) is 12.0. The highest BCUT2D eigenvalue weighted by Crippen LogP contribution is 2.40. The van der Waals surface area contributed by atoms with E-state index in [1.54, 1.807) is 0 Å². The highest BCUT2D eigenvalue weighted by atomic mass is 35.5. The molecule has 0 bridgehead atoms. The molecule has 0 unspecified atom stereocenters. The Morgan fingerprint density at radius 2 is 2.18 bits per heavy atom. The van der Waals surface area contributed by atoms with Gasteiger partial charge in [-0.2, -0.15) is 0 Å². The Balaban J connectivity index is 2.20. The molecule has 0 atom stereocenters. The average molecular weight is 250 g/mol. The standard InChI is InChI=1S/C13H12ClNO2/c14-9-2-1-8-5-11(7-13(16)17)15(10-3-4-10)12(8)6-9/h1-2,5-6,10H,3-4,7H2,(H,16,17). The molecule has 1 aliphatic rings. The topological polar surface area (TPSA) is 42.2 Å². The van der Waals surface area contributed by atoms with Crippen molar-refractivity contribution in [2.45, 2.75) is 25.3 Å². The molecule has 0 spiro atoms. The summed E-state index contributed by atoms with van der Waals surface area (Å²) in [4.78, 5) is 10.9. The third-order valence-corrected chi connectivity index (χ3v) is 3.36. The van der Waals surface area contributed by atoms with E-state index in [1.165, 1.54) is 0 Å². The quantitative estimate of drug-likeness (QED) is 0.907. The van der Waals surface area contributed by atoms with Crippen LogP contribution in [0.4, 0.5) is 0 Å². The van der Waals surface area contributed by atoms with Gasteiger partial charge in [-0.15, -0.1) is 0 Å². The van der Waals surface area contributed by atoms with Crippen LogP contribution >= 0.6 is 11.6 Å². The first-order valence-electron chi connectivity index (χ1n) is 5.66. The number of halogens is 1. The van der Waals surface area contributed by atoms with Crippen molar-refractivity contribution in [3.63, 3.8) is 0 Å². The molecule has 1 aromatic heterocycles. The molecular weight excluding hydrogens is 238 g/mol. The van der Waals surface area contributed by atoms with Gasteiger partial charge in [0.05, 0.1) is 6.42 Å². The molecule has 1 aromatic carbocycles. The van der Waals surface area contributed by atoms with Gasteiger partial charge in [0.1, 0.15) is 0 Å². The maximum Gasteiger partial charge on any atom is 0.309 e. The molecular formula is C13H12ClNO2. The normalized spacial score (nSPS) is 15.4. The van der Waals surface area contributed by atoms with Crippen molar-refractivity contribution < 1.29 is 9.90 Å². The number of hydrogen-bond acceptors (Lipinski definition) is 1. The fourth-order valence-electron chi connectivity index (χ4n) is 2.31. The molecule has 3 nitrogen and oxygen atoms in total. The summed E-state index contributed by atoms with van der Waals surface area (Å²) in [6.45, 7) is 0. The third kappa shape index (κ3) is 1.91. The van der Waals surface area contributed by atoms with Crippen molar-refractivity contribution >= 4 is 28.5 Å². The molecule has 1 saturated carbocycles. The Morgan fingerprint density at radius 3 is 2.82 bits per heavy atom. The van der Waals surface area contributed by atoms with Gasteiger partial charge in [-0.3, -0.25) is 4.79 Å². The lowest BCUT2D eigenvalue weighted by atomic mass is 10.2. The summed E-state index contributed by atoms with van der Waals surface area (Å²) in [5.41, 5.74) is 1.92. The summed E-state index contributed by atoms with van der Waals surface area (Å²) in [5.74, 6) is -0.791. The second-order valence-electron chi connectivity index (χ2n) is 4.51. The Hall–Kier alpha value is -1.48. The van der Waals surface area contributed by atoms with E-state index in [1.807, 2.05) is 24.3 Å². The van der Waals surface area contributed by atoms with Gasteiger partial charge < -0.3 is 9.67 Å². The number of carboxylic acid groups (broad SMARTS) is 1. The average Bonchev–Trinajstić information content (AvgIpc) is 3.01.